The fraction of sp³-hybridized carbons (Fsp3) is 1.00. The molecule has 1 heteroatoms. The molecule has 0 bridgehead atoms. The SMILES string of the molecule is CCN(CC(C)C)C(C)(C)C. The molecule has 0 aliphatic rings. The van der Waals surface area contributed by atoms with Crippen LogP contribution in [0, 0.1) is 5.92 Å². The van der Waals surface area contributed by atoms with E-state index in [0.717, 1.165) is 12.5 Å². The minimum absolute atomic E-state index is 0.332. The van der Waals surface area contributed by atoms with Gasteiger partial charge in [-0.05, 0) is 33.2 Å². The Morgan fingerprint density at radius 2 is 1.64 bits per heavy atom. The highest BCUT2D eigenvalue weighted by Gasteiger charge is 2.19. The van der Waals surface area contributed by atoms with Gasteiger partial charge in [0.15, 0.2) is 0 Å². The van der Waals surface area contributed by atoms with Gasteiger partial charge in [-0.15, -0.1) is 0 Å². The Hall–Kier alpha value is -0.0400. The molecule has 0 aliphatic heterocycles. The van der Waals surface area contributed by atoms with Crippen LogP contribution >= 0.6 is 0 Å². The van der Waals surface area contributed by atoms with Gasteiger partial charge in [-0.1, -0.05) is 20.8 Å². The predicted molar refractivity (Wildman–Crippen MR) is 51.8 cm³/mol. The van der Waals surface area contributed by atoms with Crippen molar-refractivity contribution in [3.8, 4) is 0 Å². The van der Waals surface area contributed by atoms with E-state index in [-0.39, 0.29) is 0 Å². The van der Waals surface area contributed by atoms with Gasteiger partial charge in [-0.2, -0.15) is 0 Å². The zero-order valence-corrected chi connectivity index (χ0v) is 8.94. The molecule has 0 saturated heterocycles. The van der Waals surface area contributed by atoms with Gasteiger partial charge in [0, 0.05) is 12.1 Å². The topological polar surface area (TPSA) is 3.24 Å². The van der Waals surface area contributed by atoms with Crippen LogP contribution in [0.2, 0.25) is 0 Å². The molecule has 0 amide bonds. The third-order valence-electron chi connectivity index (χ3n) is 1.92. The molecule has 0 aromatic rings. The monoisotopic (exact) mass is 157 g/mol. The van der Waals surface area contributed by atoms with E-state index >= 15 is 0 Å². The molecular formula is C10H23N. The Morgan fingerprint density at radius 3 is 1.73 bits per heavy atom. The van der Waals surface area contributed by atoms with Crippen LogP contribution in [0.25, 0.3) is 0 Å². The molecule has 0 fully saturated rings. The molecule has 0 aromatic carbocycles. The predicted octanol–water partition coefficient (Wildman–Crippen LogP) is 2.76. The lowest BCUT2D eigenvalue weighted by Gasteiger charge is -2.35. The van der Waals surface area contributed by atoms with E-state index < -0.39 is 0 Å². The quantitative estimate of drug-likeness (QED) is 0.609. The Balaban J connectivity index is 3.96. The molecule has 11 heavy (non-hydrogen) atoms. The van der Waals surface area contributed by atoms with Crippen LogP contribution in [0.1, 0.15) is 41.5 Å². The zero-order valence-electron chi connectivity index (χ0n) is 8.94. The summed E-state index contributed by atoms with van der Waals surface area (Å²) in [7, 11) is 0. The van der Waals surface area contributed by atoms with Crippen LogP contribution in [-0.4, -0.2) is 23.5 Å². The van der Waals surface area contributed by atoms with Gasteiger partial charge in [0.05, 0.1) is 0 Å². The van der Waals surface area contributed by atoms with E-state index in [1.165, 1.54) is 6.54 Å². The minimum Gasteiger partial charge on any atom is -0.299 e. The molecule has 0 unspecified atom stereocenters. The molecule has 0 saturated carbocycles. The molecule has 0 aliphatic carbocycles. The molecule has 0 aromatic heterocycles. The van der Waals surface area contributed by atoms with Gasteiger partial charge < -0.3 is 0 Å². The number of nitrogens with zero attached hydrogens (tertiary/aromatic N) is 1. The summed E-state index contributed by atoms with van der Waals surface area (Å²) in [4.78, 5) is 2.51. The number of hydrogen-bond acceptors (Lipinski definition) is 1. The molecule has 68 valence electrons. The average molecular weight is 157 g/mol. The van der Waals surface area contributed by atoms with Gasteiger partial charge in [0.1, 0.15) is 0 Å². The Bertz CT molecular complexity index is 99.9. The lowest BCUT2D eigenvalue weighted by Crippen LogP contribution is -2.43. The first-order valence-electron chi connectivity index (χ1n) is 4.63. The molecule has 0 heterocycles. The summed E-state index contributed by atoms with van der Waals surface area (Å²) in [5, 5.41) is 0. The fourth-order valence-corrected chi connectivity index (χ4v) is 1.32. The van der Waals surface area contributed by atoms with E-state index in [2.05, 4.69) is 46.4 Å². The van der Waals surface area contributed by atoms with E-state index in [9.17, 15) is 0 Å². The second kappa shape index (κ2) is 4.10. The molecule has 0 atom stereocenters. The van der Waals surface area contributed by atoms with Crippen molar-refractivity contribution < 1.29 is 0 Å². The molecular weight excluding hydrogens is 134 g/mol. The minimum atomic E-state index is 0.332. The van der Waals surface area contributed by atoms with Gasteiger partial charge >= 0.3 is 0 Å². The first-order chi connectivity index (χ1) is 4.88. The van der Waals surface area contributed by atoms with Crippen molar-refractivity contribution >= 4 is 0 Å². The molecule has 0 N–H and O–H groups in total. The Kier molecular flexibility index (Phi) is 4.09. The standard InChI is InChI=1S/C10H23N/c1-7-11(8-9(2)3)10(4,5)6/h9H,7-8H2,1-6H3. The fourth-order valence-electron chi connectivity index (χ4n) is 1.32. The third kappa shape index (κ3) is 4.41. The van der Waals surface area contributed by atoms with Crippen LogP contribution in [0.4, 0.5) is 0 Å². The summed E-state index contributed by atoms with van der Waals surface area (Å²) < 4.78 is 0. The summed E-state index contributed by atoms with van der Waals surface area (Å²) in [5.41, 5.74) is 0.332. The van der Waals surface area contributed by atoms with Crippen LogP contribution in [0.15, 0.2) is 0 Å². The summed E-state index contributed by atoms with van der Waals surface area (Å²) in [6.45, 7) is 16.0. The summed E-state index contributed by atoms with van der Waals surface area (Å²) in [5.74, 6) is 0.772. The smallest absolute Gasteiger partial charge is 0.0125 e. The number of rotatable bonds is 3. The van der Waals surface area contributed by atoms with Crippen molar-refractivity contribution in [2.24, 2.45) is 5.92 Å². The molecule has 0 rings (SSSR count). The van der Waals surface area contributed by atoms with Crippen LogP contribution in [0.3, 0.4) is 0 Å². The van der Waals surface area contributed by atoms with Crippen LogP contribution in [0.5, 0.6) is 0 Å². The molecule has 0 radical (unpaired) electrons. The van der Waals surface area contributed by atoms with Crippen LogP contribution in [-0.2, 0) is 0 Å². The lowest BCUT2D eigenvalue weighted by atomic mass is 10.0. The second-order valence-corrected chi connectivity index (χ2v) is 4.60. The van der Waals surface area contributed by atoms with Crippen molar-refractivity contribution in [2.45, 2.75) is 47.1 Å². The largest absolute Gasteiger partial charge is 0.299 e. The van der Waals surface area contributed by atoms with Gasteiger partial charge in [-0.3, -0.25) is 4.90 Å². The number of hydrogen-bond donors (Lipinski definition) is 0. The van der Waals surface area contributed by atoms with Gasteiger partial charge in [0.2, 0.25) is 0 Å². The highest BCUT2D eigenvalue weighted by Crippen LogP contribution is 2.14. The maximum absolute atomic E-state index is 2.51. The third-order valence-corrected chi connectivity index (χ3v) is 1.92. The lowest BCUT2D eigenvalue weighted by molar-refractivity contribution is 0.128. The molecule has 1 nitrogen and oxygen atoms in total. The molecule has 0 spiro atoms. The van der Waals surface area contributed by atoms with Crippen molar-refractivity contribution in [1.29, 1.82) is 0 Å². The van der Waals surface area contributed by atoms with E-state index in [4.69, 9.17) is 0 Å². The van der Waals surface area contributed by atoms with Crippen molar-refractivity contribution in [1.82, 2.24) is 4.90 Å². The highest BCUT2D eigenvalue weighted by atomic mass is 15.2. The normalized spacial score (nSPS) is 13.1. The maximum atomic E-state index is 2.51. The van der Waals surface area contributed by atoms with Gasteiger partial charge in [-0.25, -0.2) is 0 Å². The highest BCUT2D eigenvalue weighted by molar-refractivity contribution is 4.75. The first kappa shape index (κ1) is 11.0. The average Bonchev–Trinajstić information content (AvgIpc) is 1.79. The van der Waals surface area contributed by atoms with Crippen molar-refractivity contribution in [3.63, 3.8) is 0 Å². The second-order valence-electron chi connectivity index (χ2n) is 4.60. The Labute approximate surface area is 71.8 Å². The van der Waals surface area contributed by atoms with E-state index in [1.807, 2.05) is 0 Å². The summed E-state index contributed by atoms with van der Waals surface area (Å²) >= 11 is 0. The summed E-state index contributed by atoms with van der Waals surface area (Å²) in [6.07, 6.45) is 0. The summed E-state index contributed by atoms with van der Waals surface area (Å²) in [6, 6.07) is 0. The van der Waals surface area contributed by atoms with Crippen molar-refractivity contribution in [3.05, 3.63) is 0 Å². The zero-order chi connectivity index (χ0) is 9.07. The van der Waals surface area contributed by atoms with Crippen molar-refractivity contribution in [2.75, 3.05) is 13.1 Å². The van der Waals surface area contributed by atoms with E-state index in [0.29, 0.717) is 5.54 Å². The van der Waals surface area contributed by atoms with E-state index in [1.54, 1.807) is 0 Å². The Morgan fingerprint density at radius 1 is 1.18 bits per heavy atom. The van der Waals surface area contributed by atoms with Gasteiger partial charge in [0.25, 0.3) is 0 Å². The van der Waals surface area contributed by atoms with Crippen LogP contribution < -0.4 is 0 Å². The first-order valence-corrected chi connectivity index (χ1v) is 4.63. The maximum Gasteiger partial charge on any atom is 0.0125 e.